The minimum atomic E-state index is -4.21. The largest absolute Gasteiger partial charge is 0.391 e. The van der Waals surface area contributed by atoms with Crippen LogP contribution in [0.5, 0.6) is 0 Å². The molecule has 1 aliphatic rings. The van der Waals surface area contributed by atoms with E-state index in [1.165, 1.54) is 0 Å². The summed E-state index contributed by atoms with van der Waals surface area (Å²) < 4.78 is 39.5. The molecule has 2 atom stereocenters. The van der Waals surface area contributed by atoms with Crippen LogP contribution in [0.3, 0.4) is 0 Å². The van der Waals surface area contributed by atoms with E-state index in [0.717, 1.165) is 0 Å². The van der Waals surface area contributed by atoms with Crippen molar-refractivity contribution in [3.05, 3.63) is 51.2 Å². The third-order valence-electron chi connectivity index (χ3n) is 4.72. The predicted molar refractivity (Wildman–Crippen MR) is 90.8 cm³/mol. The van der Waals surface area contributed by atoms with Gasteiger partial charge in [0.05, 0.1) is 17.2 Å². The average molecular weight is 371 g/mol. The second-order valence-electron chi connectivity index (χ2n) is 6.52. The maximum Gasteiger partial charge on any atom is 0.391 e. The van der Waals surface area contributed by atoms with Gasteiger partial charge < -0.3 is 4.98 Å². The summed E-state index contributed by atoms with van der Waals surface area (Å²) in [6.07, 6.45) is -3.03. The summed E-state index contributed by atoms with van der Waals surface area (Å²) in [5.74, 6) is -1.32. The lowest BCUT2D eigenvalue weighted by molar-refractivity contribution is -0.183. The van der Waals surface area contributed by atoms with E-state index in [4.69, 9.17) is 11.6 Å². The molecule has 1 aromatic heterocycles. The Labute approximate surface area is 148 Å². The number of H-pyrrole nitrogens is 1. The molecule has 0 radical (unpaired) electrons. The minimum absolute atomic E-state index is 0.0278. The normalized spacial score (nSPS) is 21.3. The van der Waals surface area contributed by atoms with E-state index in [9.17, 15) is 18.0 Å². The number of nitrogens with zero attached hydrogens (tertiary/aromatic N) is 1. The van der Waals surface area contributed by atoms with Crippen molar-refractivity contribution in [2.24, 2.45) is 5.92 Å². The first kappa shape index (κ1) is 18.0. The average Bonchev–Trinajstić information content (AvgIpc) is 2.55. The first-order valence-electron chi connectivity index (χ1n) is 8.19. The molecule has 0 amide bonds. The van der Waals surface area contributed by atoms with Gasteiger partial charge in [-0.3, -0.25) is 4.79 Å². The van der Waals surface area contributed by atoms with E-state index < -0.39 is 12.1 Å². The highest BCUT2D eigenvalue weighted by Gasteiger charge is 2.43. The zero-order valence-corrected chi connectivity index (χ0v) is 14.4. The smallest absolute Gasteiger partial charge is 0.310 e. The molecular weight excluding hydrogens is 353 g/mol. The fraction of sp³-hybridized carbons (Fsp3) is 0.444. The maximum atomic E-state index is 13.2. The summed E-state index contributed by atoms with van der Waals surface area (Å²) in [5, 5.41) is 0.525. The molecule has 7 heteroatoms. The van der Waals surface area contributed by atoms with Crippen molar-refractivity contribution in [2.75, 3.05) is 0 Å². The molecule has 0 saturated heterocycles. The van der Waals surface area contributed by atoms with Crippen molar-refractivity contribution in [3.8, 4) is 11.1 Å². The molecule has 134 valence electrons. The second-order valence-corrected chi connectivity index (χ2v) is 6.96. The maximum absolute atomic E-state index is 13.2. The molecule has 1 fully saturated rings. The Morgan fingerprint density at radius 3 is 2.52 bits per heavy atom. The van der Waals surface area contributed by atoms with Crippen molar-refractivity contribution in [1.29, 1.82) is 0 Å². The summed E-state index contributed by atoms with van der Waals surface area (Å²) >= 11 is 5.90. The fourth-order valence-corrected chi connectivity index (χ4v) is 3.66. The fourth-order valence-electron chi connectivity index (χ4n) is 3.53. The number of aromatic nitrogens is 2. The van der Waals surface area contributed by atoms with Crippen molar-refractivity contribution in [1.82, 2.24) is 9.97 Å². The van der Waals surface area contributed by atoms with E-state index in [-0.39, 0.29) is 24.3 Å². The highest BCUT2D eigenvalue weighted by atomic mass is 35.5. The van der Waals surface area contributed by atoms with Crippen LogP contribution in [0.25, 0.3) is 11.1 Å². The molecule has 2 aromatic rings. The van der Waals surface area contributed by atoms with E-state index >= 15 is 0 Å². The molecule has 1 aromatic carbocycles. The molecule has 1 saturated carbocycles. The van der Waals surface area contributed by atoms with Crippen LogP contribution in [0.4, 0.5) is 13.2 Å². The number of halogens is 4. The van der Waals surface area contributed by atoms with Gasteiger partial charge >= 0.3 is 6.18 Å². The lowest BCUT2D eigenvalue weighted by atomic mass is 9.78. The van der Waals surface area contributed by atoms with Crippen LogP contribution in [0, 0.1) is 12.8 Å². The van der Waals surface area contributed by atoms with Crippen molar-refractivity contribution in [3.63, 3.8) is 0 Å². The SMILES string of the molecule is Cc1nc([C@@H]2CCC[C@@H](C(F)(F)F)C2)c(-c2ccc(Cl)cc2)c(=O)[nH]1. The number of aryl methyl sites for hydroxylation is 1. The number of hydrogen-bond donors (Lipinski definition) is 1. The molecule has 25 heavy (non-hydrogen) atoms. The van der Waals surface area contributed by atoms with Crippen LogP contribution >= 0.6 is 11.6 Å². The Kier molecular flexibility index (Phi) is 4.91. The summed E-state index contributed by atoms with van der Waals surface area (Å²) in [6, 6.07) is 6.69. The van der Waals surface area contributed by atoms with Crippen LogP contribution in [-0.2, 0) is 0 Å². The summed E-state index contributed by atoms with van der Waals surface area (Å²) in [7, 11) is 0. The van der Waals surface area contributed by atoms with Gasteiger partial charge in [0.15, 0.2) is 0 Å². The van der Waals surface area contributed by atoms with E-state index in [0.29, 0.717) is 40.5 Å². The van der Waals surface area contributed by atoms with E-state index in [2.05, 4.69) is 9.97 Å². The van der Waals surface area contributed by atoms with Gasteiger partial charge in [-0.15, -0.1) is 0 Å². The molecular formula is C18H18ClF3N2O. The van der Waals surface area contributed by atoms with Crippen LogP contribution in [0.1, 0.15) is 43.1 Å². The summed E-state index contributed by atoms with van der Waals surface area (Å²) in [5.41, 5.74) is 1.08. The van der Waals surface area contributed by atoms with Gasteiger partial charge in [-0.25, -0.2) is 4.98 Å². The van der Waals surface area contributed by atoms with Gasteiger partial charge in [-0.1, -0.05) is 30.2 Å². The molecule has 0 bridgehead atoms. The molecule has 0 spiro atoms. The number of nitrogens with one attached hydrogen (secondary N) is 1. The van der Waals surface area contributed by atoms with Crippen molar-refractivity contribution in [2.45, 2.75) is 44.7 Å². The first-order chi connectivity index (χ1) is 11.8. The first-order valence-corrected chi connectivity index (χ1v) is 8.57. The minimum Gasteiger partial charge on any atom is -0.310 e. The molecule has 1 heterocycles. The standard InChI is InChI=1S/C18H18ClF3N2O/c1-10-23-16(12-3-2-4-13(9-12)18(20,21)22)15(17(25)24-10)11-5-7-14(19)8-6-11/h5-8,12-13H,2-4,9H2,1H3,(H,23,24,25)/t12-,13-/m1/s1. The molecule has 3 nitrogen and oxygen atoms in total. The summed E-state index contributed by atoms with van der Waals surface area (Å²) in [6.45, 7) is 1.64. The third-order valence-corrected chi connectivity index (χ3v) is 4.97. The Bertz CT molecular complexity index is 815. The Morgan fingerprint density at radius 1 is 1.20 bits per heavy atom. The number of aromatic amines is 1. The van der Waals surface area contributed by atoms with E-state index in [1.54, 1.807) is 31.2 Å². The van der Waals surface area contributed by atoms with Gasteiger partial charge in [0, 0.05) is 10.9 Å². The van der Waals surface area contributed by atoms with Gasteiger partial charge in [-0.2, -0.15) is 13.2 Å². The van der Waals surface area contributed by atoms with Crippen LogP contribution in [0.15, 0.2) is 29.1 Å². The van der Waals surface area contributed by atoms with Gasteiger partial charge in [-0.05, 0) is 43.9 Å². The van der Waals surface area contributed by atoms with Crippen molar-refractivity contribution >= 4 is 11.6 Å². The molecule has 0 unspecified atom stereocenters. The van der Waals surface area contributed by atoms with Gasteiger partial charge in [0.2, 0.25) is 0 Å². The highest BCUT2D eigenvalue weighted by Crippen LogP contribution is 2.44. The van der Waals surface area contributed by atoms with Gasteiger partial charge in [0.1, 0.15) is 5.82 Å². The topological polar surface area (TPSA) is 45.8 Å². The molecule has 0 aliphatic heterocycles. The zero-order valence-electron chi connectivity index (χ0n) is 13.7. The highest BCUT2D eigenvalue weighted by molar-refractivity contribution is 6.30. The third kappa shape index (κ3) is 3.89. The van der Waals surface area contributed by atoms with Crippen molar-refractivity contribution < 1.29 is 13.2 Å². The summed E-state index contributed by atoms with van der Waals surface area (Å²) in [4.78, 5) is 19.6. The monoisotopic (exact) mass is 370 g/mol. The number of alkyl halides is 3. The lowest BCUT2D eigenvalue weighted by Crippen LogP contribution is -2.29. The van der Waals surface area contributed by atoms with Gasteiger partial charge in [0.25, 0.3) is 5.56 Å². The predicted octanol–water partition coefficient (Wildman–Crippen LogP) is 5.23. The quantitative estimate of drug-likeness (QED) is 0.786. The molecule has 1 aliphatic carbocycles. The van der Waals surface area contributed by atoms with Crippen LogP contribution in [0.2, 0.25) is 5.02 Å². The van der Waals surface area contributed by atoms with E-state index in [1.807, 2.05) is 0 Å². The Balaban J connectivity index is 2.06. The lowest BCUT2D eigenvalue weighted by Gasteiger charge is -2.31. The van der Waals surface area contributed by atoms with Crippen LogP contribution < -0.4 is 5.56 Å². The molecule has 1 N–H and O–H groups in total. The Morgan fingerprint density at radius 2 is 1.88 bits per heavy atom. The number of hydrogen-bond acceptors (Lipinski definition) is 2. The second kappa shape index (κ2) is 6.83. The Hall–Kier alpha value is -1.82. The zero-order chi connectivity index (χ0) is 18.2. The number of rotatable bonds is 2. The van der Waals surface area contributed by atoms with Crippen LogP contribution in [-0.4, -0.2) is 16.1 Å². The number of benzene rings is 1. The molecule has 3 rings (SSSR count).